The number of aliphatic hydroxyl groups is 1. The van der Waals surface area contributed by atoms with Gasteiger partial charge in [-0.05, 0) is 63.5 Å². The van der Waals surface area contributed by atoms with E-state index in [1.54, 1.807) is 13.8 Å². The molecule has 7 heteroatoms. The van der Waals surface area contributed by atoms with E-state index in [-0.39, 0.29) is 12.6 Å². The molecule has 250 valence electrons. The summed E-state index contributed by atoms with van der Waals surface area (Å²) < 4.78 is 5.39. The van der Waals surface area contributed by atoms with Crippen LogP contribution in [0.15, 0.2) is 91.1 Å². The molecule has 1 unspecified atom stereocenters. The van der Waals surface area contributed by atoms with Gasteiger partial charge in [0.25, 0.3) is 0 Å². The van der Waals surface area contributed by atoms with Crippen LogP contribution in [-0.2, 0) is 20.1 Å². The molecule has 0 radical (unpaired) electrons. The van der Waals surface area contributed by atoms with Crippen LogP contribution < -0.4 is 10.6 Å². The van der Waals surface area contributed by atoms with Gasteiger partial charge in [-0.2, -0.15) is 11.8 Å². The van der Waals surface area contributed by atoms with Crippen molar-refractivity contribution in [2.24, 2.45) is 5.41 Å². The summed E-state index contributed by atoms with van der Waals surface area (Å²) in [5, 5.41) is 16.7. The number of thioether (sulfide) groups is 1. The van der Waals surface area contributed by atoms with Crippen molar-refractivity contribution in [2.75, 3.05) is 32.0 Å². The summed E-state index contributed by atoms with van der Waals surface area (Å²) in [7, 11) is 0. The van der Waals surface area contributed by atoms with Gasteiger partial charge in [0.1, 0.15) is 6.10 Å². The van der Waals surface area contributed by atoms with Gasteiger partial charge in [-0.1, -0.05) is 112 Å². The lowest BCUT2D eigenvalue weighted by atomic mass is 9.87. The molecule has 0 aliphatic carbocycles. The first kappa shape index (κ1) is 40.2. The zero-order valence-electron chi connectivity index (χ0n) is 27.9. The van der Waals surface area contributed by atoms with Gasteiger partial charge in [0.15, 0.2) is 0 Å². The third kappa shape index (κ3) is 23.2. The lowest BCUT2D eigenvalue weighted by molar-refractivity contribution is -0.153. The lowest BCUT2D eigenvalue weighted by Crippen LogP contribution is -2.46. The molecule has 0 saturated carbocycles. The first-order valence-electron chi connectivity index (χ1n) is 16.6. The van der Waals surface area contributed by atoms with Crippen molar-refractivity contribution < 1.29 is 19.4 Å². The second-order valence-corrected chi connectivity index (χ2v) is 12.7. The minimum absolute atomic E-state index is 0.00963. The van der Waals surface area contributed by atoms with Crippen LogP contribution in [0, 0.1) is 5.41 Å². The first-order valence-corrected chi connectivity index (χ1v) is 17.7. The van der Waals surface area contributed by atoms with Crippen LogP contribution in [0.4, 0.5) is 0 Å². The van der Waals surface area contributed by atoms with Gasteiger partial charge >= 0.3 is 5.97 Å². The van der Waals surface area contributed by atoms with Gasteiger partial charge in [-0.15, -0.1) is 0 Å². The Morgan fingerprint density at radius 2 is 1.44 bits per heavy atom. The number of aliphatic hydroxyl groups excluding tert-OH is 1. The fourth-order valence-electron chi connectivity index (χ4n) is 4.06. The molecule has 1 rings (SSSR count). The number of rotatable bonds is 26. The second-order valence-electron chi connectivity index (χ2n) is 11.6. The average Bonchev–Trinajstić information content (AvgIpc) is 3.04. The Labute approximate surface area is 277 Å². The van der Waals surface area contributed by atoms with E-state index < -0.39 is 17.4 Å². The second kappa shape index (κ2) is 27.4. The number of amides is 1. The third-order valence-corrected chi connectivity index (χ3v) is 7.90. The number of carbonyl (C=O) groups is 2. The number of ether oxygens (including phenoxy) is 1. The summed E-state index contributed by atoms with van der Waals surface area (Å²) in [6.07, 6.45) is 27.8. The normalized spacial score (nSPS) is 13.2. The molecule has 1 atom stereocenters. The van der Waals surface area contributed by atoms with E-state index in [1.165, 1.54) is 5.56 Å². The number of allylic oxidation sites excluding steroid dienone is 10. The van der Waals surface area contributed by atoms with Crippen LogP contribution >= 0.6 is 11.8 Å². The molecule has 6 nitrogen and oxygen atoms in total. The van der Waals surface area contributed by atoms with E-state index in [4.69, 9.17) is 4.74 Å². The van der Waals surface area contributed by atoms with Crippen molar-refractivity contribution in [2.45, 2.75) is 90.4 Å². The van der Waals surface area contributed by atoms with E-state index in [1.807, 2.05) is 17.8 Å². The monoisotopic (exact) mass is 638 g/mol. The van der Waals surface area contributed by atoms with Crippen molar-refractivity contribution in [3.05, 3.63) is 96.7 Å². The highest BCUT2D eigenvalue weighted by atomic mass is 32.2. The van der Waals surface area contributed by atoms with Gasteiger partial charge < -0.3 is 20.5 Å². The van der Waals surface area contributed by atoms with Crippen molar-refractivity contribution in [1.82, 2.24) is 10.6 Å². The molecule has 3 N–H and O–H groups in total. The lowest BCUT2D eigenvalue weighted by Gasteiger charge is -2.29. The maximum absolute atomic E-state index is 12.4. The number of esters is 1. The Kier molecular flexibility index (Phi) is 24.5. The van der Waals surface area contributed by atoms with Crippen LogP contribution in [0.5, 0.6) is 0 Å². The Bertz CT molecular complexity index is 1050. The van der Waals surface area contributed by atoms with E-state index in [2.05, 4.69) is 103 Å². The molecular weight excluding hydrogens is 580 g/mol. The number of carbonyl (C=O) groups excluding carboxylic acids is 2. The molecule has 0 aliphatic heterocycles. The number of benzene rings is 1. The Balaban J connectivity index is 2.05. The van der Waals surface area contributed by atoms with E-state index >= 15 is 0 Å². The highest BCUT2D eigenvalue weighted by Gasteiger charge is 2.34. The number of hydrogen-bond acceptors (Lipinski definition) is 6. The Morgan fingerprint density at radius 1 is 0.844 bits per heavy atom. The quantitative estimate of drug-likeness (QED) is 0.0544. The van der Waals surface area contributed by atoms with Gasteiger partial charge in [0.2, 0.25) is 5.91 Å². The number of unbranched alkanes of at least 4 members (excludes halogenated alkanes) is 1. The highest BCUT2D eigenvalue weighted by Crippen LogP contribution is 2.22. The van der Waals surface area contributed by atoms with Crippen LogP contribution in [0.3, 0.4) is 0 Å². The smallest absolute Gasteiger partial charge is 0.305 e. The molecule has 0 spiro atoms. The minimum atomic E-state index is -1.26. The van der Waals surface area contributed by atoms with Crippen molar-refractivity contribution in [3.63, 3.8) is 0 Å². The molecular formula is C38H58N2O4S. The minimum Gasteiger partial charge on any atom is -0.465 e. The van der Waals surface area contributed by atoms with E-state index in [0.717, 1.165) is 69.5 Å². The fourth-order valence-corrected chi connectivity index (χ4v) is 4.92. The van der Waals surface area contributed by atoms with Gasteiger partial charge in [-0.25, -0.2) is 0 Å². The molecule has 0 fully saturated rings. The number of nitrogens with one attached hydrogen (secondary N) is 2. The van der Waals surface area contributed by atoms with E-state index in [0.29, 0.717) is 19.4 Å². The summed E-state index contributed by atoms with van der Waals surface area (Å²) in [6.45, 7) is 7.78. The molecule has 0 heterocycles. The summed E-state index contributed by atoms with van der Waals surface area (Å²) in [4.78, 5) is 24.6. The molecule has 1 amide bonds. The topological polar surface area (TPSA) is 87.7 Å². The van der Waals surface area contributed by atoms with Gasteiger partial charge in [-0.3, -0.25) is 9.59 Å². The van der Waals surface area contributed by atoms with Gasteiger partial charge in [0.05, 0.1) is 6.61 Å². The molecule has 1 aromatic carbocycles. The van der Waals surface area contributed by atoms with Crippen molar-refractivity contribution >= 4 is 23.6 Å². The van der Waals surface area contributed by atoms with Crippen LogP contribution in [0.1, 0.15) is 84.1 Å². The molecule has 1 aromatic rings. The van der Waals surface area contributed by atoms with Gasteiger partial charge in [0, 0.05) is 36.4 Å². The molecule has 45 heavy (non-hydrogen) atoms. The molecule has 0 aliphatic rings. The SMILES string of the molecule is CCC=CCC=CCC=CCC=CCC=CCCCC(=O)OCC(C)(C)C(O)C(=O)NCCCNCCSCc1ccccc1. The van der Waals surface area contributed by atoms with Crippen molar-refractivity contribution in [3.8, 4) is 0 Å². The van der Waals surface area contributed by atoms with Crippen LogP contribution in [0.25, 0.3) is 0 Å². The van der Waals surface area contributed by atoms with Crippen LogP contribution in [0.2, 0.25) is 0 Å². The fraction of sp³-hybridized carbons (Fsp3) is 0.526. The molecule has 0 bridgehead atoms. The standard InChI is InChI=1S/C38H58N2O4S/c1-4-5-6-7-8-9-10-11-12-13-14-15-16-17-18-19-23-27-35(41)44-33-38(2,3)36(42)37(43)40-29-24-28-39-30-31-45-32-34-25-21-20-22-26-34/h5-6,8-9,11-12,14-15,17-18,20-22,25-26,36,39,42H,4,7,10,13,16,19,23-24,27-33H2,1-3H3,(H,40,43). The maximum Gasteiger partial charge on any atom is 0.305 e. The highest BCUT2D eigenvalue weighted by molar-refractivity contribution is 7.98. The zero-order valence-corrected chi connectivity index (χ0v) is 28.7. The first-order chi connectivity index (χ1) is 21.9. The molecule has 0 aromatic heterocycles. The third-order valence-electron chi connectivity index (χ3n) is 6.87. The maximum atomic E-state index is 12.4. The zero-order chi connectivity index (χ0) is 32.9. The molecule has 0 saturated heterocycles. The Morgan fingerprint density at radius 3 is 2.07 bits per heavy atom. The predicted molar refractivity (Wildman–Crippen MR) is 192 cm³/mol. The summed E-state index contributed by atoms with van der Waals surface area (Å²) in [5.74, 6) is 1.28. The van der Waals surface area contributed by atoms with Crippen LogP contribution in [-0.4, -0.2) is 55.1 Å². The predicted octanol–water partition coefficient (Wildman–Crippen LogP) is 7.87. The summed E-state index contributed by atoms with van der Waals surface area (Å²) >= 11 is 1.89. The van der Waals surface area contributed by atoms with E-state index in [9.17, 15) is 14.7 Å². The average molecular weight is 639 g/mol. The van der Waals surface area contributed by atoms with Crippen molar-refractivity contribution in [1.29, 1.82) is 0 Å². The summed E-state index contributed by atoms with van der Waals surface area (Å²) in [6, 6.07) is 10.4. The summed E-state index contributed by atoms with van der Waals surface area (Å²) in [5.41, 5.74) is 0.455. The largest absolute Gasteiger partial charge is 0.465 e. The number of hydrogen-bond donors (Lipinski definition) is 3. The Hall–Kier alpha value is -2.87.